The fraction of sp³-hybridized carbons (Fsp3) is 0.267. The molecule has 1 amide bonds. The van der Waals surface area contributed by atoms with Gasteiger partial charge in [-0.05, 0) is 31.2 Å². The van der Waals surface area contributed by atoms with Crippen LogP contribution in [0.5, 0.6) is 0 Å². The average Bonchev–Trinajstić information content (AvgIpc) is 2.80. The highest BCUT2D eigenvalue weighted by atomic mass is 32.2. The molecular formula is C15H18N2O3S. The van der Waals surface area contributed by atoms with Gasteiger partial charge in [0.05, 0.1) is 10.6 Å². The fourth-order valence-electron chi connectivity index (χ4n) is 1.98. The maximum Gasteiger partial charge on any atom is 0.267 e. The lowest BCUT2D eigenvalue weighted by atomic mass is 10.4. The molecule has 0 spiro atoms. The normalized spacial score (nSPS) is 11.3. The van der Waals surface area contributed by atoms with Gasteiger partial charge in [0.15, 0.2) is 9.84 Å². The summed E-state index contributed by atoms with van der Waals surface area (Å²) in [6, 6.07) is 11.8. The third-order valence-electron chi connectivity index (χ3n) is 3.36. The van der Waals surface area contributed by atoms with Gasteiger partial charge in [-0.2, -0.15) is 0 Å². The molecule has 0 atom stereocenters. The lowest BCUT2D eigenvalue weighted by Gasteiger charge is -2.08. The number of carbonyl (C=O) groups is 1. The van der Waals surface area contributed by atoms with Gasteiger partial charge in [0.1, 0.15) is 5.69 Å². The topological polar surface area (TPSA) is 68.2 Å². The third-order valence-corrected chi connectivity index (χ3v) is 5.10. The number of hydrogen-bond donors (Lipinski definition) is 1. The van der Waals surface area contributed by atoms with E-state index in [1.165, 1.54) is 0 Å². The highest BCUT2D eigenvalue weighted by molar-refractivity contribution is 7.91. The Bertz CT molecular complexity index is 734. The molecule has 21 heavy (non-hydrogen) atoms. The summed E-state index contributed by atoms with van der Waals surface area (Å²) >= 11 is 0. The Kier molecular flexibility index (Phi) is 4.47. The monoisotopic (exact) mass is 306 g/mol. The van der Waals surface area contributed by atoms with Gasteiger partial charge in [-0.1, -0.05) is 18.2 Å². The van der Waals surface area contributed by atoms with Crippen molar-refractivity contribution in [3.63, 3.8) is 0 Å². The molecule has 5 nitrogen and oxygen atoms in total. The van der Waals surface area contributed by atoms with E-state index in [1.54, 1.807) is 48.0 Å². The van der Waals surface area contributed by atoms with Crippen LogP contribution in [0.4, 0.5) is 0 Å². The van der Waals surface area contributed by atoms with Gasteiger partial charge < -0.3 is 9.88 Å². The molecule has 6 heteroatoms. The molecule has 0 radical (unpaired) electrons. The predicted octanol–water partition coefficient (Wildman–Crippen LogP) is 1.54. The van der Waals surface area contributed by atoms with E-state index in [4.69, 9.17) is 0 Å². The molecule has 0 saturated carbocycles. The molecule has 0 bridgehead atoms. The van der Waals surface area contributed by atoms with Crippen LogP contribution in [0.25, 0.3) is 0 Å². The van der Waals surface area contributed by atoms with Gasteiger partial charge >= 0.3 is 0 Å². The van der Waals surface area contributed by atoms with Crippen LogP contribution in [-0.4, -0.2) is 31.2 Å². The smallest absolute Gasteiger partial charge is 0.267 e. The zero-order chi connectivity index (χ0) is 15.5. The maximum atomic E-state index is 12.1. The van der Waals surface area contributed by atoms with Crippen molar-refractivity contribution in [1.82, 2.24) is 9.88 Å². The highest BCUT2D eigenvalue weighted by Crippen LogP contribution is 2.09. The molecule has 0 saturated heterocycles. The summed E-state index contributed by atoms with van der Waals surface area (Å²) in [7, 11) is -1.57. The lowest BCUT2D eigenvalue weighted by molar-refractivity contribution is 0.0948. The first-order valence-corrected chi connectivity index (χ1v) is 8.25. The first-order chi connectivity index (χ1) is 9.92. The highest BCUT2D eigenvalue weighted by Gasteiger charge is 2.15. The number of benzene rings is 1. The van der Waals surface area contributed by atoms with Gasteiger partial charge in [0, 0.05) is 19.3 Å². The van der Waals surface area contributed by atoms with Crippen molar-refractivity contribution in [2.45, 2.75) is 11.8 Å². The number of carbonyl (C=O) groups excluding carboxylic acids is 1. The number of sulfone groups is 1. The zero-order valence-electron chi connectivity index (χ0n) is 12.0. The summed E-state index contributed by atoms with van der Waals surface area (Å²) < 4.78 is 25.9. The predicted molar refractivity (Wildman–Crippen MR) is 81.0 cm³/mol. The molecule has 1 aromatic heterocycles. The van der Waals surface area contributed by atoms with Gasteiger partial charge in [0.2, 0.25) is 0 Å². The molecule has 1 aromatic carbocycles. The number of aromatic nitrogens is 1. The van der Waals surface area contributed by atoms with Crippen LogP contribution < -0.4 is 5.32 Å². The van der Waals surface area contributed by atoms with Crippen LogP contribution in [-0.2, 0) is 16.9 Å². The molecule has 0 unspecified atom stereocenters. The maximum absolute atomic E-state index is 12.1. The first kappa shape index (κ1) is 15.3. The zero-order valence-corrected chi connectivity index (χ0v) is 12.9. The van der Waals surface area contributed by atoms with Gasteiger partial charge in [-0.25, -0.2) is 8.42 Å². The quantitative estimate of drug-likeness (QED) is 0.911. The Morgan fingerprint density at radius 1 is 1.14 bits per heavy atom. The summed E-state index contributed by atoms with van der Waals surface area (Å²) in [6.07, 6.45) is 0. The Balaban J connectivity index is 1.96. The van der Waals surface area contributed by atoms with Crippen LogP contribution in [0, 0.1) is 6.92 Å². The second kappa shape index (κ2) is 6.13. The number of amides is 1. The van der Waals surface area contributed by atoms with Gasteiger partial charge in [-0.15, -0.1) is 0 Å². The molecule has 0 aliphatic carbocycles. The molecule has 1 N–H and O–H groups in total. The summed E-state index contributed by atoms with van der Waals surface area (Å²) in [5.41, 5.74) is 1.49. The first-order valence-electron chi connectivity index (χ1n) is 6.60. The summed E-state index contributed by atoms with van der Waals surface area (Å²) in [4.78, 5) is 12.2. The van der Waals surface area contributed by atoms with E-state index in [2.05, 4.69) is 5.32 Å². The lowest BCUT2D eigenvalue weighted by Crippen LogP contribution is -2.30. The van der Waals surface area contributed by atoms with E-state index in [0.717, 1.165) is 5.69 Å². The number of nitrogens with zero attached hydrogens (tertiary/aromatic N) is 1. The van der Waals surface area contributed by atoms with Crippen LogP contribution in [0.3, 0.4) is 0 Å². The van der Waals surface area contributed by atoms with E-state index < -0.39 is 9.84 Å². The average molecular weight is 306 g/mol. The van der Waals surface area contributed by atoms with Crippen molar-refractivity contribution < 1.29 is 13.2 Å². The van der Waals surface area contributed by atoms with Crippen LogP contribution in [0.2, 0.25) is 0 Å². The number of hydrogen-bond acceptors (Lipinski definition) is 3. The molecule has 0 aliphatic heterocycles. The van der Waals surface area contributed by atoms with Crippen molar-refractivity contribution in [2.75, 3.05) is 12.3 Å². The second-order valence-electron chi connectivity index (χ2n) is 4.81. The molecule has 2 aromatic rings. The summed E-state index contributed by atoms with van der Waals surface area (Å²) in [6.45, 7) is 1.98. The molecule has 0 fully saturated rings. The molecule has 112 valence electrons. The van der Waals surface area contributed by atoms with Crippen LogP contribution in [0.15, 0.2) is 47.4 Å². The van der Waals surface area contributed by atoms with Crippen molar-refractivity contribution >= 4 is 15.7 Å². The number of aryl methyl sites for hydroxylation is 1. The van der Waals surface area contributed by atoms with E-state index >= 15 is 0 Å². The fourth-order valence-corrected chi connectivity index (χ4v) is 3.15. The van der Waals surface area contributed by atoms with Gasteiger partial charge in [0.25, 0.3) is 5.91 Å². The summed E-state index contributed by atoms with van der Waals surface area (Å²) in [5.74, 6) is -0.388. The van der Waals surface area contributed by atoms with E-state index in [-0.39, 0.29) is 23.1 Å². The van der Waals surface area contributed by atoms with Crippen molar-refractivity contribution in [1.29, 1.82) is 0 Å². The standard InChI is InChI=1S/C15H18N2O3S/c1-12-8-9-14(17(12)2)15(18)16-10-11-21(19,20)13-6-4-3-5-7-13/h3-9H,10-11H2,1-2H3,(H,16,18). The second-order valence-corrected chi connectivity index (χ2v) is 6.92. The van der Waals surface area contributed by atoms with E-state index in [0.29, 0.717) is 5.69 Å². The van der Waals surface area contributed by atoms with Crippen molar-refractivity contribution in [3.8, 4) is 0 Å². The van der Waals surface area contributed by atoms with E-state index in [1.807, 2.05) is 13.0 Å². The largest absolute Gasteiger partial charge is 0.350 e. The molecule has 1 heterocycles. The van der Waals surface area contributed by atoms with E-state index in [9.17, 15) is 13.2 Å². The Hall–Kier alpha value is -2.08. The minimum atomic E-state index is -3.36. The SMILES string of the molecule is Cc1ccc(C(=O)NCCS(=O)(=O)c2ccccc2)n1C. The van der Waals surface area contributed by atoms with Crippen molar-refractivity contribution in [3.05, 3.63) is 53.9 Å². The van der Waals surface area contributed by atoms with Crippen LogP contribution in [0.1, 0.15) is 16.2 Å². The minimum Gasteiger partial charge on any atom is -0.350 e. The summed E-state index contributed by atoms with van der Waals surface area (Å²) in [5, 5.41) is 2.64. The minimum absolute atomic E-state index is 0.0836. The Labute approximate surface area is 124 Å². The Morgan fingerprint density at radius 2 is 1.81 bits per heavy atom. The molecule has 2 rings (SSSR count). The van der Waals surface area contributed by atoms with Crippen molar-refractivity contribution in [2.24, 2.45) is 7.05 Å². The third kappa shape index (κ3) is 3.52. The van der Waals surface area contributed by atoms with Crippen LogP contribution >= 0.6 is 0 Å². The number of nitrogens with one attached hydrogen (secondary N) is 1. The number of rotatable bonds is 5. The molecular weight excluding hydrogens is 288 g/mol. The molecule has 0 aliphatic rings. The Morgan fingerprint density at radius 3 is 2.38 bits per heavy atom. The van der Waals surface area contributed by atoms with Gasteiger partial charge in [-0.3, -0.25) is 4.79 Å².